The molecule has 0 radical (unpaired) electrons. The van der Waals surface area contributed by atoms with Crippen molar-refractivity contribution in [1.82, 2.24) is 9.13 Å². The van der Waals surface area contributed by atoms with Gasteiger partial charge in [0.15, 0.2) is 0 Å². The van der Waals surface area contributed by atoms with Gasteiger partial charge in [-0.05, 0) is 95.4 Å². The predicted octanol–water partition coefficient (Wildman–Crippen LogP) is 11.2. The molecule has 1 aliphatic heterocycles. The molecule has 10 rings (SSSR count). The molecule has 3 heterocycles. The van der Waals surface area contributed by atoms with Crippen molar-refractivity contribution in [3.63, 3.8) is 0 Å². The third-order valence-electron chi connectivity index (χ3n) is 9.85. The van der Waals surface area contributed by atoms with Crippen LogP contribution in [0.3, 0.4) is 0 Å². The Bertz CT molecular complexity index is 2700. The summed E-state index contributed by atoms with van der Waals surface area (Å²) in [6.45, 7) is 0. The van der Waals surface area contributed by atoms with Crippen LogP contribution in [-0.4, -0.2) is 14.4 Å². The number of fused-ring (bicyclic) bond motifs is 9. The zero-order chi connectivity index (χ0) is 31.1. The number of rotatable bonds is 3. The van der Waals surface area contributed by atoms with Crippen LogP contribution in [0.15, 0.2) is 151 Å². The van der Waals surface area contributed by atoms with Crippen molar-refractivity contribution in [2.45, 2.75) is 16.6 Å². The second kappa shape index (κ2) is 10.1. The summed E-state index contributed by atoms with van der Waals surface area (Å²) in [6.07, 6.45) is 7.88. The fourth-order valence-corrected chi connectivity index (χ4v) is 9.12. The van der Waals surface area contributed by atoms with E-state index in [9.17, 15) is 5.26 Å². The van der Waals surface area contributed by atoms with Crippen molar-refractivity contribution in [2.75, 3.05) is 0 Å². The first-order valence-corrected chi connectivity index (χ1v) is 16.9. The molecule has 8 aromatic rings. The van der Waals surface area contributed by atoms with Gasteiger partial charge >= 0.3 is 0 Å². The Morgan fingerprint density at radius 1 is 0.617 bits per heavy atom. The highest BCUT2D eigenvalue weighted by Gasteiger charge is 2.31. The van der Waals surface area contributed by atoms with Crippen molar-refractivity contribution >= 4 is 60.9 Å². The first-order valence-electron chi connectivity index (χ1n) is 16.0. The quantitative estimate of drug-likeness (QED) is 0.198. The minimum absolute atomic E-state index is 0.494. The molecule has 2 aromatic heterocycles. The molecule has 4 heteroatoms. The van der Waals surface area contributed by atoms with Gasteiger partial charge in [-0.2, -0.15) is 5.26 Å². The summed E-state index contributed by atoms with van der Waals surface area (Å²) in [4.78, 5) is 1.38. The van der Waals surface area contributed by atoms with Crippen LogP contribution >= 0.6 is 11.8 Å². The average Bonchev–Trinajstić information content (AvgIpc) is 3.79. The molecule has 0 bridgehead atoms. The smallest absolute Gasteiger partial charge is 0.0991 e. The van der Waals surface area contributed by atoms with E-state index in [1.54, 1.807) is 0 Å². The van der Waals surface area contributed by atoms with Crippen LogP contribution in [0.4, 0.5) is 0 Å². The fourth-order valence-electron chi connectivity index (χ4n) is 7.71. The van der Waals surface area contributed by atoms with Crippen LogP contribution in [0.25, 0.3) is 71.7 Å². The standard InChI is InChI=1S/C43H27N3S/c44-26-27-16-20-30(21-17-27)45-37-12-4-1-8-31(37)35-24-28(18-22-39(35)45)29-19-23-40-36(25-29)32-9-2-5-13-38(32)46(40)41-14-7-11-34-33-10-3-6-15-42(33)47-43(34)41/h1-14,16-25,42H,15H2. The van der Waals surface area contributed by atoms with Gasteiger partial charge in [0.05, 0.1) is 39.4 Å². The van der Waals surface area contributed by atoms with Gasteiger partial charge in [-0.1, -0.05) is 78.9 Å². The second-order valence-electron chi connectivity index (χ2n) is 12.4. The summed E-state index contributed by atoms with van der Waals surface area (Å²) < 4.78 is 4.77. The molecule has 3 nitrogen and oxygen atoms in total. The van der Waals surface area contributed by atoms with E-state index in [4.69, 9.17) is 0 Å². The lowest BCUT2D eigenvalue weighted by molar-refractivity contribution is 1.09. The SMILES string of the molecule is N#Cc1ccc(-n2c3ccccc3c3cc(-c4ccc5c(c4)c4ccccc4n5-c4cccc5c4SC4CC=CC=C54)ccc32)cc1. The van der Waals surface area contributed by atoms with E-state index in [0.29, 0.717) is 10.8 Å². The number of benzene rings is 6. The zero-order valence-electron chi connectivity index (χ0n) is 25.4. The molecule has 220 valence electrons. The highest BCUT2D eigenvalue weighted by atomic mass is 32.2. The van der Waals surface area contributed by atoms with E-state index in [2.05, 4.69) is 137 Å². The van der Waals surface area contributed by atoms with E-state index in [1.807, 2.05) is 36.0 Å². The van der Waals surface area contributed by atoms with Crippen molar-refractivity contribution in [3.05, 3.63) is 157 Å². The number of allylic oxidation sites excluding steroid dienone is 3. The lowest BCUT2D eigenvalue weighted by Crippen LogP contribution is -2.00. The number of nitriles is 1. The van der Waals surface area contributed by atoms with Crippen LogP contribution < -0.4 is 0 Å². The summed E-state index contributed by atoms with van der Waals surface area (Å²) in [6, 6.07) is 48.0. The van der Waals surface area contributed by atoms with Gasteiger partial charge in [0, 0.05) is 37.4 Å². The van der Waals surface area contributed by atoms with Gasteiger partial charge < -0.3 is 9.13 Å². The summed E-state index contributed by atoms with van der Waals surface area (Å²) in [5, 5.41) is 14.8. The number of aromatic nitrogens is 2. The Kier molecular flexibility index (Phi) is 5.70. The summed E-state index contributed by atoms with van der Waals surface area (Å²) >= 11 is 2.01. The van der Waals surface area contributed by atoms with E-state index in [0.717, 1.165) is 23.1 Å². The normalized spacial score (nSPS) is 15.3. The van der Waals surface area contributed by atoms with E-state index in [1.165, 1.54) is 65.4 Å². The molecule has 1 atom stereocenters. The summed E-state index contributed by atoms with van der Waals surface area (Å²) in [5.74, 6) is 0. The van der Waals surface area contributed by atoms with Crippen molar-refractivity contribution in [3.8, 4) is 28.6 Å². The van der Waals surface area contributed by atoms with Crippen molar-refractivity contribution < 1.29 is 0 Å². The van der Waals surface area contributed by atoms with Crippen LogP contribution in [0.1, 0.15) is 17.5 Å². The Labute approximate surface area is 276 Å². The monoisotopic (exact) mass is 617 g/mol. The molecular formula is C43H27N3S. The number of thioether (sulfide) groups is 1. The zero-order valence-corrected chi connectivity index (χ0v) is 26.2. The summed E-state index contributed by atoms with van der Waals surface area (Å²) in [7, 11) is 0. The minimum atomic E-state index is 0.494. The molecule has 2 aliphatic rings. The first kappa shape index (κ1) is 26.5. The third kappa shape index (κ3) is 3.87. The summed E-state index contributed by atoms with van der Waals surface area (Å²) in [5.41, 5.74) is 13.0. The van der Waals surface area contributed by atoms with Gasteiger partial charge in [-0.3, -0.25) is 0 Å². The Balaban J connectivity index is 1.15. The minimum Gasteiger partial charge on any atom is -0.309 e. The molecule has 0 fully saturated rings. The van der Waals surface area contributed by atoms with E-state index >= 15 is 0 Å². The lowest BCUT2D eigenvalue weighted by Gasteiger charge is -2.13. The molecule has 0 saturated carbocycles. The number of nitrogens with zero attached hydrogens (tertiary/aromatic N) is 3. The number of hydrogen-bond donors (Lipinski definition) is 0. The van der Waals surface area contributed by atoms with Gasteiger partial charge in [0.2, 0.25) is 0 Å². The molecule has 0 spiro atoms. The maximum Gasteiger partial charge on any atom is 0.0991 e. The van der Waals surface area contributed by atoms with Gasteiger partial charge in [0.1, 0.15) is 0 Å². The maximum absolute atomic E-state index is 9.34. The molecule has 1 unspecified atom stereocenters. The first-order chi connectivity index (χ1) is 23.3. The predicted molar refractivity (Wildman–Crippen MR) is 197 cm³/mol. The number of para-hydroxylation sites is 2. The van der Waals surface area contributed by atoms with E-state index < -0.39 is 0 Å². The topological polar surface area (TPSA) is 33.6 Å². The molecule has 0 N–H and O–H groups in total. The third-order valence-corrected chi connectivity index (χ3v) is 11.2. The lowest BCUT2D eigenvalue weighted by atomic mass is 9.97. The van der Waals surface area contributed by atoms with Crippen molar-refractivity contribution in [1.29, 1.82) is 5.26 Å². The Morgan fingerprint density at radius 3 is 1.96 bits per heavy atom. The maximum atomic E-state index is 9.34. The van der Waals surface area contributed by atoms with Gasteiger partial charge in [-0.15, -0.1) is 11.8 Å². The van der Waals surface area contributed by atoms with Crippen molar-refractivity contribution in [2.24, 2.45) is 0 Å². The molecule has 47 heavy (non-hydrogen) atoms. The van der Waals surface area contributed by atoms with Crippen LogP contribution in [-0.2, 0) is 0 Å². The molecular weight excluding hydrogens is 591 g/mol. The van der Waals surface area contributed by atoms with Crippen LogP contribution in [0.2, 0.25) is 0 Å². The highest BCUT2D eigenvalue weighted by Crippen LogP contribution is 2.51. The fraction of sp³-hybridized carbons (Fsp3) is 0.0465. The highest BCUT2D eigenvalue weighted by molar-refractivity contribution is 8.01. The molecule has 1 aliphatic carbocycles. The van der Waals surface area contributed by atoms with Gasteiger partial charge in [-0.25, -0.2) is 0 Å². The van der Waals surface area contributed by atoms with Gasteiger partial charge in [0.25, 0.3) is 0 Å². The van der Waals surface area contributed by atoms with Crippen LogP contribution in [0.5, 0.6) is 0 Å². The Morgan fingerprint density at radius 2 is 1.26 bits per heavy atom. The Hall–Kier alpha value is -5.76. The largest absolute Gasteiger partial charge is 0.309 e. The average molecular weight is 618 g/mol. The second-order valence-corrected chi connectivity index (χ2v) is 13.6. The number of hydrogen-bond acceptors (Lipinski definition) is 2. The molecule has 6 aromatic carbocycles. The van der Waals surface area contributed by atoms with Crippen LogP contribution in [0, 0.1) is 11.3 Å². The molecule has 0 amide bonds. The molecule has 0 saturated heterocycles. The van der Waals surface area contributed by atoms with E-state index in [-0.39, 0.29) is 0 Å².